The lowest BCUT2D eigenvalue weighted by molar-refractivity contribution is -0.137. The number of halogens is 4. The van der Waals surface area contributed by atoms with E-state index in [0.717, 1.165) is 12.1 Å². The van der Waals surface area contributed by atoms with Gasteiger partial charge in [-0.1, -0.05) is 13.8 Å². The van der Waals surface area contributed by atoms with E-state index in [4.69, 9.17) is 0 Å². The largest absolute Gasteiger partial charge is 0.416 e. The summed E-state index contributed by atoms with van der Waals surface area (Å²) in [5.74, 6) is -0.654. The molecule has 0 aromatic heterocycles. The monoisotopic (exact) mass is 264 g/mol. The van der Waals surface area contributed by atoms with Crippen molar-refractivity contribution in [3.05, 3.63) is 35.1 Å². The minimum atomic E-state index is -4.60. The fourth-order valence-electron chi connectivity index (χ4n) is 1.63. The molecule has 0 aliphatic rings. The molecule has 0 aliphatic carbocycles. The number of alkyl halides is 3. The molecule has 18 heavy (non-hydrogen) atoms. The highest BCUT2D eigenvalue weighted by molar-refractivity contribution is 5.28. The molecule has 0 radical (unpaired) electrons. The van der Waals surface area contributed by atoms with Gasteiger partial charge in [0.15, 0.2) is 0 Å². The van der Waals surface area contributed by atoms with Gasteiger partial charge in [0.1, 0.15) is 5.82 Å². The van der Waals surface area contributed by atoms with Gasteiger partial charge in [-0.3, -0.25) is 0 Å². The van der Waals surface area contributed by atoms with Crippen LogP contribution in [0, 0.1) is 11.7 Å². The Morgan fingerprint density at radius 3 is 2.22 bits per heavy atom. The number of hydrogen-bond donors (Lipinski definition) is 1. The van der Waals surface area contributed by atoms with Crippen LogP contribution < -0.4 is 0 Å². The molecule has 1 atom stereocenters. The van der Waals surface area contributed by atoms with Crippen LogP contribution in [-0.4, -0.2) is 5.11 Å². The molecule has 1 rings (SSSR count). The summed E-state index contributed by atoms with van der Waals surface area (Å²) in [6.45, 7) is 3.89. The third-order valence-corrected chi connectivity index (χ3v) is 2.65. The summed E-state index contributed by atoms with van der Waals surface area (Å²) in [5.41, 5.74) is -1.09. The van der Waals surface area contributed by atoms with E-state index in [1.165, 1.54) is 0 Å². The fraction of sp³-hybridized carbons (Fsp3) is 0.538. The van der Waals surface area contributed by atoms with Crippen molar-refractivity contribution in [1.82, 2.24) is 0 Å². The smallest absolute Gasteiger partial charge is 0.388 e. The van der Waals surface area contributed by atoms with Crippen molar-refractivity contribution >= 4 is 0 Å². The third-order valence-electron chi connectivity index (χ3n) is 2.65. The van der Waals surface area contributed by atoms with Crippen molar-refractivity contribution < 1.29 is 22.7 Å². The van der Waals surface area contributed by atoms with Crippen LogP contribution in [0.1, 0.15) is 43.9 Å². The molecule has 102 valence electrons. The Hall–Kier alpha value is -1.10. The highest BCUT2D eigenvalue weighted by Gasteiger charge is 2.31. The average Bonchev–Trinajstić information content (AvgIpc) is 2.23. The summed E-state index contributed by atoms with van der Waals surface area (Å²) >= 11 is 0. The van der Waals surface area contributed by atoms with Gasteiger partial charge in [-0.05, 0) is 42.5 Å². The number of aliphatic hydroxyl groups excluding tert-OH is 1. The Balaban J connectivity index is 2.92. The number of aliphatic hydroxyl groups is 1. The molecule has 0 heterocycles. The first-order valence-corrected chi connectivity index (χ1v) is 5.76. The van der Waals surface area contributed by atoms with Crippen LogP contribution in [0.3, 0.4) is 0 Å². The first-order chi connectivity index (χ1) is 8.20. The molecule has 0 saturated carbocycles. The van der Waals surface area contributed by atoms with Gasteiger partial charge in [0.2, 0.25) is 0 Å². The topological polar surface area (TPSA) is 20.2 Å². The summed E-state index contributed by atoms with van der Waals surface area (Å²) in [6.07, 6.45) is -4.68. The second-order valence-electron chi connectivity index (χ2n) is 4.76. The fourth-order valence-corrected chi connectivity index (χ4v) is 1.63. The third kappa shape index (κ3) is 4.29. The van der Waals surface area contributed by atoms with Crippen molar-refractivity contribution in [2.45, 2.75) is 39.0 Å². The van der Waals surface area contributed by atoms with Gasteiger partial charge < -0.3 is 5.11 Å². The lowest BCUT2D eigenvalue weighted by Crippen LogP contribution is -2.08. The van der Waals surface area contributed by atoms with Crippen molar-refractivity contribution in [3.8, 4) is 0 Å². The zero-order chi connectivity index (χ0) is 13.9. The number of benzene rings is 1. The second kappa shape index (κ2) is 5.69. The highest BCUT2D eigenvalue weighted by atomic mass is 19.4. The Labute approximate surface area is 103 Å². The summed E-state index contributed by atoms with van der Waals surface area (Å²) in [4.78, 5) is 0. The van der Waals surface area contributed by atoms with Crippen LogP contribution >= 0.6 is 0 Å². The van der Waals surface area contributed by atoms with Crippen LogP contribution in [0.5, 0.6) is 0 Å². The van der Waals surface area contributed by atoms with E-state index in [-0.39, 0.29) is 5.56 Å². The molecule has 1 aromatic carbocycles. The van der Waals surface area contributed by atoms with Crippen LogP contribution in [0.15, 0.2) is 18.2 Å². The van der Waals surface area contributed by atoms with Crippen molar-refractivity contribution in [2.75, 3.05) is 0 Å². The van der Waals surface area contributed by atoms with Gasteiger partial charge in [0.05, 0.1) is 11.7 Å². The molecule has 0 amide bonds. The minimum absolute atomic E-state index is 0.0250. The standard InChI is InChI=1S/C13H16F4O/c1-8(2)3-4-12(18)9-5-10(13(15,16)17)7-11(14)6-9/h5-8,12,18H,3-4H2,1-2H3. The number of rotatable bonds is 4. The molecule has 1 N–H and O–H groups in total. The SMILES string of the molecule is CC(C)CCC(O)c1cc(F)cc(C(F)(F)F)c1. The van der Waals surface area contributed by atoms with Gasteiger partial charge in [-0.15, -0.1) is 0 Å². The van der Waals surface area contributed by atoms with Crippen molar-refractivity contribution in [3.63, 3.8) is 0 Å². The summed E-state index contributed by atoms with van der Waals surface area (Å²) in [5, 5.41) is 9.75. The summed E-state index contributed by atoms with van der Waals surface area (Å²) in [7, 11) is 0. The molecule has 0 aliphatic heterocycles. The summed E-state index contributed by atoms with van der Waals surface area (Å²) < 4.78 is 50.5. The zero-order valence-corrected chi connectivity index (χ0v) is 10.3. The van der Waals surface area contributed by atoms with E-state index < -0.39 is 23.7 Å². The lowest BCUT2D eigenvalue weighted by Gasteiger charge is -2.15. The van der Waals surface area contributed by atoms with Gasteiger partial charge >= 0.3 is 6.18 Å². The lowest BCUT2D eigenvalue weighted by atomic mass is 9.98. The Morgan fingerprint density at radius 2 is 1.72 bits per heavy atom. The van der Waals surface area contributed by atoms with E-state index >= 15 is 0 Å². The van der Waals surface area contributed by atoms with Gasteiger partial charge in [-0.25, -0.2) is 4.39 Å². The molecule has 5 heteroatoms. The van der Waals surface area contributed by atoms with E-state index in [1.54, 1.807) is 0 Å². The molecule has 1 nitrogen and oxygen atoms in total. The maximum Gasteiger partial charge on any atom is 0.416 e. The van der Waals surface area contributed by atoms with E-state index in [2.05, 4.69) is 0 Å². The number of hydrogen-bond acceptors (Lipinski definition) is 1. The maximum atomic E-state index is 13.1. The van der Waals surface area contributed by atoms with Crippen LogP contribution in [0.25, 0.3) is 0 Å². The molecule has 0 fully saturated rings. The Kier molecular flexibility index (Phi) is 4.73. The Bertz CT molecular complexity index is 398. The molecule has 1 aromatic rings. The molecule has 0 saturated heterocycles. The van der Waals surface area contributed by atoms with Crippen LogP contribution in [-0.2, 0) is 6.18 Å². The predicted molar refractivity (Wildman–Crippen MR) is 60.4 cm³/mol. The zero-order valence-electron chi connectivity index (χ0n) is 10.3. The molecular weight excluding hydrogens is 248 g/mol. The molecule has 0 spiro atoms. The predicted octanol–water partition coefficient (Wildman–Crippen LogP) is 4.31. The van der Waals surface area contributed by atoms with Gasteiger partial charge in [-0.2, -0.15) is 13.2 Å². The molecular formula is C13H16F4O. The Morgan fingerprint density at radius 1 is 1.11 bits per heavy atom. The normalized spacial score (nSPS) is 14.0. The van der Waals surface area contributed by atoms with Crippen molar-refractivity contribution in [1.29, 1.82) is 0 Å². The first-order valence-electron chi connectivity index (χ1n) is 5.76. The van der Waals surface area contributed by atoms with E-state index in [0.29, 0.717) is 24.8 Å². The maximum absolute atomic E-state index is 13.1. The first kappa shape index (κ1) is 15.0. The molecule has 0 bridgehead atoms. The van der Waals surface area contributed by atoms with Gasteiger partial charge in [0, 0.05) is 0 Å². The quantitative estimate of drug-likeness (QED) is 0.803. The average molecular weight is 264 g/mol. The van der Waals surface area contributed by atoms with E-state index in [1.807, 2.05) is 13.8 Å². The highest BCUT2D eigenvalue weighted by Crippen LogP contribution is 2.32. The van der Waals surface area contributed by atoms with Crippen LogP contribution in [0.2, 0.25) is 0 Å². The van der Waals surface area contributed by atoms with Gasteiger partial charge in [0.25, 0.3) is 0 Å². The second-order valence-corrected chi connectivity index (χ2v) is 4.76. The minimum Gasteiger partial charge on any atom is -0.388 e. The van der Waals surface area contributed by atoms with E-state index in [9.17, 15) is 22.7 Å². The van der Waals surface area contributed by atoms with Crippen LogP contribution in [0.4, 0.5) is 17.6 Å². The van der Waals surface area contributed by atoms with Crippen molar-refractivity contribution in [2.24, 2.45) is 5.92 Å². The molecule has 1 unspecified atom stereocenters. The summed E-state index contributed by atoms with van der Waals surface area (Å²) in [6, 6.07) is 2.17.